The first-order chi connectivity index (χ1) is 12.5. The van der Waals surface area contributed by atoms with Crippen LogP contribution < -0.4 is 5.32 Å². The third kappa shape index (κ3) is 6.76. The van der Waals surface area contributed by atoms with Crippen molar-refractivity contribution in [2.45, 2.75) is 31.9 Å². The normalized spacial score (nSPS) is 11.4. The molecular weight excluding hydrogens is 334 g/mol. The number of carboxylic acid groups (broad SMARTS) is 1. The third-order valence-corrected chi connectivity index (χ3v) is 3.71. The molecule has 0 aliphatic carbocycles. The maximum absolute atomic E-state index is 11.9. The zero-order valence-corrected chi connectivity index (χ0v) is 14.3. The van der Waals surface area contributed by atoms with Crippen molar-refractivity contribution in [2.24, 2.45) is 0 Å². The minimum absolute atomic E-state index is 0.101. The van der Waals surface area contributed by atoms with Gasteiger partial charge in [0.05, 0.1) is 6.42 Å². The van der Waals surface area contributed by atoms with Crippen molar-refractivity contribution in [3.05, 3.63) is 71.8 Å². The Morgan fingerprint density at radius 3 is 2.04 bits per heavy atom. The fourth-order valence-corrected chi connectivity index (χ4v) is 2.34. The zero-order valence-electron chi connectivity index (χ0n) is 14.3. The van der Waals surface area contributed by atoms with E-state index in [-0.39, 0.29) is 25.9 Å². The number of hydrogen-bond acceptors (Lipinski definition) is 4. The summed E-state index contributed by atoms with van der Waals surface area (Å²) < 4.78 is 5.09. The van der Waals surface area contributed by atoms with Crippen LogP contribution in [0.5, 0.6) is 0 Å². The van der Waals surface area contributed by atoms with Gasteiger partial charge in [0.2, 0.25) is 5.91 Å². The number of benzene rings is 2. The zero-order chi connectivity index (χ0) is 18.8. The predicted molar refractivity (Wildman–Crippen MR) is 95.2 cm³/mol. The van der Waals surface area contributed by atoms with E-state index in [1.165, 1.54) is 0 Å². The van der Waals surface area contributed by atoms with Crippen LogP contribution in [-0.4, -0.2) is 29.0 Å². The Morgan fingerprint density at radius 1 is 0.885 bits per heavy atom. The fourth-order valence-electron chi connectivity index (χ4n) is 2.34. The molecule has 2 aromatic carbocycles. The summed E-state index contributed by atoms with van der Waals surface area (Å²) in [6.45, 7) is 0.146. The van der Waals surface area contributed by atoms with Gasteiger partial charge in [-0.1, -0.05) is 60.7 Å². The number of nitrogens with one attached hydrogen (secondary N) is 1. The standard InChI is InChI=1S/C20H21NO5/c22-18(11-12-19(23)26-14-16-9-5-2-6-10-16)21-17(20(24)25)13-15-7-3-1-4-8-15/h1-10,17H,11-14H2,(H,21,22)(H,24,25)/t17-/m0/s1. The Labute approximate surface area is 151 Å². The predicted octanol–water partition coefficient (Wildman–Crippen LogP) is 2.32. The number of esters is 1. The van der Waals surface area contributed by atoms with Crippen LogP contribution in [0.2, 0.25) is 0 Å². The molecular formula is C20H21NO5. The summed E-state index contributed by atoms with van der Waals surface area (Å²) in [4.78, 5) is 35.0. The molecule has 0 radical (unpaired) electrons. The maximum Gasteiger partial charge on any atom is 0.326 e. The van der Waals surface area contributed by atoms with Crippen molar-refractivity contribution < 1.29 is 24.2 Å². The van der Waals surface area contributed by atoms with Gasteiger partial charge in [-0.15, -0.1) is 0 Å². The van der Waals surface area contributed by atoms with E-state index in [1.807, 2.05) is 36.4 Å². The first-order valence-corrected chi connectivity index (χ1v) is 8.30. The summed E-state index contributed by atoms with van der Waals surface area (Å²) in [5.41, 5.74) is 1.67. The number of hydrogen-bond donors (Lipinski definition) is 2. The number of ether oxygens (including phenoxy) is 1. The van der Waals surface area contributed by atoms with E-state index in [2.05, 4.69) is 5.32 Å². The average molecular weight is 355 g/mol. The van der Waals surface area contributed by atoms with E-state index >= 15 is 0 Å². The van der Waals surface area contributed by atoms with Gasteiger partial charge in [-0.3, -0.25) is 9.59 Å². The summed E-state index contributed by atoms with van der Waals surface area (Å²) in [6, 6.07) is 17.2. The molecule has 6 heteroatoms. The van der Waals surface area contributed by atoms with Crippen LogP contribution in [0.25, 0.3) is 0 Å². The van der Waals surface area contributed by atoms with E-state index < -0.39 is 23.9 Å². The molecule has 2 rings (SSSR count). The van der Waals surface area contributed by atoms with Crippen molar-refractivity contribution in [3.8, 4) is 0 Å². The second-order valence-corrected chi connectivity index (χ2v) is 5.79. The number of carboxylic acids is 1. The summed E-state index contributed by atoms with van der Waals surface area (Å²) in [5, 5.41) is 11.7. The van der Waals surface area contributed by atoms with Crippen molar-refractivity contribution in [1.82, 2.24) is 5.32 Å². The first-order valence-electron chi connectivity index (χ1n) is 8.30. The Bertz CT molecular complexity index is 730. The van der Waals surface area contributed by atoms with E-state index in [0.717, 1.165) is 11.1 Å². The molecule has 136 valence electrons. The van der Waals surface area contributed by atoms with Crippen LogP contribution in [0.3, 0.4) is 0 Å². The molecule has 0 spiro atoms. The van der Waals surface area contributed by atoms with Crippen molar-refractivity contribution in [3.63, 3.8) is 0 Å². The molecule has 2 N–H and O–H groups in total. The van der Waals surface area contributed by atoms with Crippen LogP contribution >= 0.6 is 0 Å². The molecule has 26 heavy (non-hydrogen) atoms. The molecule has 0 fully saturated rings. The highest BCUT2D eigenvalue weighted by Crippen LogP contribution is 2.05. The molecule has 0 heterocycles. The quantitative estimate of drug-likeness (QED) is 0.674. The Kier molecular flexibility index (Phi) is 7.36. The first kappa shape index (κ1) is 19.2. The lowest BCUT2D eigenvalue weighted by Crippen LogP contribution is -2.42. The molecule has 2 aromatic rings. The maximum atomic E-state index is 11.9. The van der Waals surface area contributed by atoms with Crippen molar-refractivity contribution in [1.29, 1.82) is 0 Å². The minimum Gasteiger partial charge on any atom is -0.480 e. The number of aliphatic carboxylic acids is 1. The van der Waals surface area contributed by atoms with Crippen LogP contribution in [-0.2, 0) is 32.1 Å². The van der Waals surface area contributed by atoms with Gasteiger partial charge in [-0.05, 0) is 11.1 Å². The third-order valence-electron chi connectivity index (χ3n) is 3.71. The number of rotatable bonds is 9. The number of carbonyl (C=O) groups is 3. The fraction of sp³-hybridized carbons (Fsp3) is 0.250. The van der Waals surface area contributed by atoms with Gasteiger partial charge in [0.15, 0.2) is 0 Å². The van der Waals surface area contributed by atoms with E-state index in [0.29, 0.717) is 0 Å². The highest BCUT2D eigenvalue weighted by Gasteiger charge is 2.20. The lowest BCUT2D eigenvalue weighted by Gasteiger charge is -2.14. The van der Waals surface area contributed by atoms with Crippen LogP contribution in [0.15, 0.2) is 60.7 Å². The topological polar surface area (TPSA) is 92.7 Å². The average Bonchev–Trinajstić information content (AvgIpc) is 2.66. The second kappa shape index (κ2) is 9.98. The molecule has 0 aliphatic rings. The number of carbonyl (C=O) groups excluding carboxylic acids is 2. The Morgan fingerprint density at radius 2 is 1.46 bits per heavy atom. The minimum atomic E-state index is -1.12. The summed E-state index contributed by atoms with van der Waals surface area (Å²) in [7, 11) is 0. The monoisotopic (exact) mass is 355 g/mol. The Hall–Kier alpha value is -3.15. The SMILES string of the molecule is O=C(CCC(=O)OCc1ccccc1)N[C@@H](Cc1ccccc1)C(=O)O. The van der Waals surface area contributed by atoms with Gasteiger partial charge >= 0.3 is 11.9 Å². The highest BCUT2D eigenvalue weighted by molar-refractivity contribution is 5.85. The molecule has 1 amide bonds. The van der Waals surface area contributed by atoms with Crippen LogP contribution in [0.4, 0.5) is 0 Å². The highest BCUT2D eigenvalue weighted by atomic mass is 16.5. The summed E-state index contributed by atoms with van der Waals surface area (Å²) >= 11 is 0. The van der Waals surface area contributed by atoms with Crippen LogP contribution in [0, 0.1) is 0 Å². The molecule has 0 bridgehead atoms. The largest absolute Gasteiger partial charge is 0.480 e. The summed E-state index contributed by atoms with van der Waals surface area (Å²) in [6.07, 6.45) is -0.0388. The van der Waals surface area contributed by atoms with Gasteiger partial charge in [0.25, 0.3) is 0 Å². The molecule has 6 nitrogen and oxygen atoms in total. The lowest BCUT2D eigenvalue weighted by molar-refractivity contribution is -0.146. The van der Waals surface area contributed by atoms with E-state index in [1.54, 1.807) is 24.3 Å². The molecule has 0 aliphatic heterocycles. The summed E-state index contributed by atoms with van der Waals surface area (Å²) in [5.74, 6) is -2.11. The molecule has 0 saturated heterocycles. The van der Waals surface area contributed by atoms with Gasteiger partial charge in [0, 0.05) is 12.8 Å². The second-order valence-electron chi connectivity index (χ2n) is 5.79. The van der Waals surface area contributed by atoms with Crippen LogP contribution in [0.1, 0.15) is 24.0 Å². The van der Waals surface area contributed by atoms with E-state index in [4.69, 9.17) is 4.74 Å². The van der Waals surface area contributed by atoms with Gasteiger partial charge in [-0.25, -0.2) is 4.79 Å². The van der Waals surface area contributed by atoms with Gasteiger partial charge < -0.3 is 15.2 Å². The van der Waals surface area contributed by atoms with Gasteiger partial charge in [0.1, 0.15) is 12.6 Å². The van der Waals surface area contributed by atoms with Gasteiger partial charge in [-0.2, -0.15) is 0 Å². The lowest BCUT2D eigenvalue weighted by atomic mass is 10.1. The smallest absolute Gasteiger partial charge is 0.326 e. The molecule has 0 aromatic heterocycles. The van der Waals surface area contributed by atoms with Crippen molar-refractivity contribution in [2.75, 3.05) is 0 Å². The number of amides is 1. The molecule has 0 unspecified atom stereocenters. The molecule has 0 saturated carbocycles. The Balaban J connectivity index is 1.75. The van der Waals surface area contributed by atoms with Crippen molar-refractivity contribution >= 4 is 17.8 Å². The molecule has 1 atom stereocenters. The van der Waals surface area contributed by atoms with E-state index in [9.17, 15) is 19.5 Å².